The molecule has 9 heteroatoms. The second-order valence-corrected chi connectivity index (χ2v) is 7.42. The van der Waals surface area contributed by atoms with Crippen LogP contribution in [0.1, 0.15) is 19.3 Å². The first-order valence-corrected chi connectivity index (χ1v) is 8.22. The molecule has 20 heavy (non-hydrogen) atoms. The van der Waals surface area contributed by atoms with Crippen molar-refractivity contribution in [2.24, 2.45) is 0 Å². The molecule has 2 rings (SSSR count). The number of sulfonamides is 1. The van der Waals surface area contributed by atoms with Gasteiger partial charge in [-0.1, -0.05) is 34.8 Å². The molecule has 1 aliphatic carbocycles. The van der Waals surface area contributed by atoms with Crippen molar-refractivity contribution >= 4 is 50.8 Å². The topological polar surface area (TPSA) is 83.5 Å². The van der Waals surface area contributed by atoms with Crippen LogP contribution in [0.3, 0.4) is 0 Å². The van der Waals surface area contributed by atoms with Gasteiger partial charge in [-0.2, -0.15) is 4.72 Å². The summed E-state index contributed by atoms with van der Waals surface area (Å²) in [6.07, 6.45) is 1.12. The van der Waals surface area contributed by atoms with Crippen LogP contribution in [-0.4, -0.2) is 25.0 Å². The standard InChI is InChI=1S/C11H10Cl3NO4S/c12-6-4-8(14)9(5-7(6)13)20(18,19)15-11(10(16)17)2-1-3-11/h4-5,15H,1-3H2,(H,16,17). The number of hydrogen-bond acceptors (Lipinski definition) is 3. The van der Waals surface area contributed by atoms with E-state index in [1.807, 2.05) is 0 Å². The molecule has 0 aliphatic heterocycles. The molecule has 1 aromatic rings. The lowest BCUT2D eigenvalue weighted by molar-refractivity contribution is -0.147. The van der Waals surface area contributed by atoms with Crippen LogP contribution < -0.4 is 4.72 Å². The van der Waals surface area contributed by atoms with E-state index < -0.39 is 21.5 Å². The number of nitrogens with one attached hydrogen (secondary N) is 1. The van der Waals surface area contributed by atoms with Crippen molar-refractivity contribution in [3.63, 3.8) is 0 Å². The molecule has 0 heterocycles. The summed E-state index contributed by atoms with van der Waals surface area (Å²) in [6.45, 7) is 0. The number of carboxylic acid groups (broad SMARTS) is 1. The molecule has 0 radical (unpaired) electrons. The molecule has 0 aromatic heterocycles. The van der Waals surface area contributed by atoms with Gasteiger partial charge in [-0.05, 0) is 31.4 Å². The van der Waals surface area contributed by atoms with Gasteiger partial charge in [0, 0.05) is 0 Å². The lowest BCUT2D eigenvalue weighted by atomic mass is 9.78. The molecule has 5 nitrogen and oxygen atoms in total. The lowest BCUT2D eigenvalue weighted by Crippen LogP contribution is -2.58. The normalized spacial score (nSPS) is 17.6. The molecule has 1 aliphatic rings. The van der Waals surface area contributed by atoms with Crippen molar-refractivity contribution in [1.82, 2.24) is 4.72 Å². The molecule has 0 atom stereocenters. The predicted octanol–water partition coefficient (Wildman–Crippen LogP) is 2.93. The highest BCUT2D eigenvalue weighted by Crippen LogP contribution is 2.36. The zero-order chi connectivity index (χ0) is 15.1. The number of rotatable bonds is 4. The smallest absolute Gasteiger partial charge is 0.324 e. The van der Waals surface area contributed by atoms with Gasteiger partial charge < -0.3 is 5.11 Å². The Kier molecular flexibility index (Phi) is 4.24. The molecular weight excluding hydrogens is 349 g/mol. The first-order chi connectivity index (χ1) is 9.18. The predicted molar refractivity (Wildman–Crippen MR) is 76.0 cm³/mol. The summed E-state index contributed by atoms with van der Waals surface area (Å²) in [5, 5.41) is 9.18. The van der Waals surface area contributed by atoms with Crippen LogP contribution in [0, 0.1) is 0 Å². The lowest BCUT2D eigenvalue weighted by Gasteiger charge is -2.37. The van der Waals surface area contributed by atoms with Crippen molar-refractivity contribution in [3.8, 4) is 0 Å². The third-order valence-corrected chi connectivity index (χ3v) is 5.93. The van der Waals surface area contributed by atoms with Crippen molar-refractivity contribution in [2.75, 3.05) is 0 Å². The summed E-state index contributed by atoms with van der Waals surface area (Å²) >= 11 is 17.4. The Morgan fingerprint density at radius 1 is 1.15 bits per heavy atom. The summed E-state index contributed by atoms with van der Waals surface area (Å²) in [7, 11) is -4.10. The average molecular weight is 359 g/mol. The number of carboxylic acids is 1. The van der Waals surface area contributed by atoms with E-state index >= 15 is 0 Å². The fourth-order valence-corrected chi connectivity index (χ4v) is 4.33. The van der Waals surface area contributed by atoms with Crippen LogP contribution in [-0.2, 0) is 14.8 Å². The van der Waals surface area contributed by atoms with Gasteiger partial charge in [0.2, 0.25) is 10.0 Å². The molecule has 110 valence electrons. The molecule has 0 spiro atoms. The van der Waals surface area contributed by atoms with Gasteiger partial charge in [-0.25, -0.2) is 8.42 Å². The summed E-state index contributed by atoms with van der Waals surface area (Å²) in [6, 6.07) is 2.30. The Labute approximate surface area is 130 Å². The van der Waals surface area contributed by atoms with Gasteiger partial charge in [0.25, 0.3) is 0 Å². The second kappa shape index (κ2) is 5.35. The maximum atomic E-state index is 12.3. The average Bonchev–Trinajstić information content (AvgIpc) is 2.28. The van der Waals surface area contributed by atoms with Crippen LogP contribution in [0.25, 0.3) is 0 Å². The summed E-state index contributed by atoms with van der Waals surface area (Å²) in [4.78, 5) is 10.9. The second-order valence-electron chi connectivity index (χ2n) is 4.54. The molecule has 1 aromatic carbocycles. The van der Waals surface area contributed by atoms with Crippen molar-refractivity contribution in [2.45, 2.75) is 29.7 Å². The molecule has 1 saturated carbocycles. The number of benzene rings is 1. The van der Waals surface area contributed by atoms with Crippen LogP contribution in [0.15, 0.2) is 17.0 Å². The van der Waals surface area contributed by atoms with Crippen molar-refractivity contribution < 1.29 is 18.3 Å². The minimum Gasteiger partial charge on any atom is -0.480 e. The SMILES string of the molecule is O=C(O)C1(NS(=O)(=O)c2cc(Cl)c(Cl)cc2Cl)CCC1. The third kappa shape index (κ3) is 2.76. The first-order valence-electron chi connectivity index (χ1n) is 5.60. The van der Waals surface area contributed by atoms with Crippen LogP contribution >= 0.6 is 34.8 Å². The van der Waals surface area contributed by atoms with E-state index in [-0.39, 0.29) is 32.8 Å². The summed E-state index contributed by atoms with van der Waals surface area (Å²) in [5.41, 5.74) is -1.46. The highest BCUT2D eigenvalue weighted by molar-refractivity contribution is 7.89. The molecule has 0 saturated heterocycles. The minimum atomic E-state index is -4.10. The molecule has 1 fully saturated rings. The zero-order valence-corrected chi connectivity index (χ0v) is 13.1. The zero-order valence-electron chi connectivity index (χ0n) is 9.99. The van der Waals surface area contributed by atoms with E-state index in [0.29, 0.717) is 6.42 Å². The van der Waals surface area contributed by atoms with Gasteiger partial charge in [0.1, 0.15) is 10.4 Å². The summed E-state index contributed by atoms with van der Waals surface area (Å²) in [5.74, 6) is -1.21. The first kappa shape index (κ1) is 15.9. The van der Waals surface area contributed by atoms with Gasteiger partial charge in [0.05, 0.1) is 15.1 Å². The van der Waals surface area contributed by atoms with E-state index in [1.165, 1.54) is 6.07 Å². The molecule has 2 N–H and O–H groups in total. The Morgan fingerprint density at radius 3 is 2.15 bits per heavy atom. The maximum absolute atomic E-state index is 12.3. The van der Waals surface area contributed by atoms with Crippen LogP contribution in [0.4, 0.5) is 0 Å². The largest absolute Gasteiger partial charge is 0.480 e. The Morgan fingerprint density at radius 2 is 1.70 bits per heavy atom. The fourth-order valence-electron chi connectivity index (χ4n) is 1.91. The van der Waals surface area contributed by atoms with E-state index in [0.717, 1.165) is 6.07 Å². The third-order valence-electron chi connectivity index (χ3n) is 3.21. The minimum absolute atomic E-state index is 0.0226. The number of hydrogen-bond donors (Lipinski definition) is 2. The monoisotopic (exact) mass is 357 g/mol. The number of carbonyl (C=O) groups is 1. The molecule has 0 amide bonds. The summed E-state index contributed by atoms with van der Waals surface area (Å²) < 4.78 is 26.7. The van der Waals surface area contributed by atoms with Crippen molar-refractivity contribution in [1.29, 1.82) is 0 Å². The van der Waals surface area contributed by atoms with Crippen LogP contribution in [0.5, 0.6) is 0 Å². The Bertz CT molecular complexity index is 670. The van der Waals surface area contributed by atoms with E-state index in [4.69, 9.17) is 39.9 Å². The van der Waals surface area contributed by atoms with Gasteiger partial charge >= 0.3 is 5.97 Å². The van der Waals surface area contributed by atoms with Crippen LogP contribution in [0.2, 0.25) is 15.1 Å². The quantitative estimate of drug-likeness (QED) is 0.811. The van der Waals surface area contributed by atoms with Gasteiger partial charge in [-0.3, -0.25) is 4.79 Å². The van der Waals surface area contributed by atoms with Gasteiger partial charge in [0.15, 0.2) is 0 Å². The number of aliphatic carboxylic acids is 1. The van der Waals surface area contributed by atoms with E-state index in [1.54, 1.807) is 0 Å². The van der Waals surface area contributed by atoms with Crippen molar-refractivity contribution in [3.05, 3.63) is 27.2 Å². The highest BCUT2D eigenvalue weighted by Gasteiger charge is 2.47. The van der Waals surface area contributed by atoms with E-state index in [2.05, 4.69) is 4.72 Å². The van der Waals surface area contributed by atoms with E-state index in [9.17, 15) is 13.2 Å². The van der Waals surface area contributed by atoms with Gasteiger partial charge in [-0.15, -0.1) is 0 Å². The molecule has 0 unspecified atom stereocenters. The molecular formula is C11H10Cl3NO4S. The number of halogens is 3. The Hall–Kier alpha value is -0.530. The molecule has 0 bridgehead atoms. The fraction of sp³-hybridized carbons (Fsp3) is 0.364. The Balaban J connectivity index is 2.41. The maximum Gasteiger partial charge on any atom is 0.324 e. The highest BCUT2D eigenvalue weighted by atomic mass is 35.5.